The average molecular weight is 233 g/mol. The minimum atomic E-state index is -0.313. The summed E-state index contributed by atoms with van der Waals surface area (Å²) < 4.78 is 13.3. The van der Waals surface area contributed by atoms with Gasteiger partial charge in [-0.3, -0.25) is 4.79 Å². The molecule has 2 aromatic rings. The van der Waals surface area contributed by atoms with Crippen molar-refractivity contribution in [1.29, 1.82) is 0 Å². The summed E-state index contributed by atoms with van der Waals surface area (Å²) in [4.78, 5) is 15.1. The van der Waals surface area contributed by atoms with Crippen LogP contribution in [0.2, 0.25) is 0 Å². The van der Waals surface area contributed by atoms with Gasteiger partial charge in [0.15, 0.2) is 5.43 Å². The molecule has 90 valence electrons. The standard InChI is InChI=1S/C14H16FNO/c1-8(2)4-11-7-13(17)14-9(3)5-10(15)6-12(14)16-11/h5-8H,4H2,1-3H3,(H,16,17). The predicted octanol–water partition coefficient (Wildman–Crippen LogP) is 3.17. The molecule has 0 fully saturated rings. The van der Waals surface area contributed by atoms with E-state index in [2.05, 4.69) is 18.8 Å². The van der Waals surface area contributed by atoms with E-state index in [1.54, 1.807) is 13.0 Å². The second-order valence-electron chi connectivity index (χ2n) is 4.90. The number of fused-ring (bicyclic) bond motifs is 1. The van der Waals surface area contributed by atoms with Gasteiger partial charge in [-0.2, -0.15) is 0 Å². The zero-order valence-corrected chi connectivity index (χ0v) is 10.3. The molecular formula is C14H16FNO. The van der Waals surface area contributed by atoms with Crippen molar-refractivity contribution in [2.75, 3.05) is 0 Å². The SMILES string of the molecule is Cc1cc(F)cc2[nH]c(CC(C)C)cc(=O)c12. The first-order chi connectivity index (χ1) is 7.97. The van der Waals surface area contributed by atoms with Crippen LogP contribution in [0.3, 0.4) is 0 Å². The van der Waals surface area contributed by atoms with Crippen LogP contribution in [0.1, 0.15) is 25.1 Å². The van der Waals surface area contributed by atoms with Gasteiger partial charge >= 0.3 is 0 Å². The maximum absolute atomic E-state index is 13.3. The van der Waals surface area contributed by atoms with E-state index < -0.39 is 0 Å². The molecule has 1 aromatic heterocycles. The molecule has 0 atom stereocenters. The minimum absolute atomic E-state index is 0.0353. The van der Waals surface area contributed by atoms with E-state index in [4.69, 9.17) is 0 Å². The summed E-state index contributed by atoms with van der Waals surface area (Å²) in [7, 11) is 0. The molecule has 1 heterocycles. The van der Waals surface area contributed by atoms with E-state index in [1.165, 1.54) is 12.1 Å². The molecule has 0 aliphatic rings. The van der Waals surface area contributed by atoms with Gasteiger partial charge in [0.1, 0.15) is 5.82 Å². The van der Waals surface area contributed by atoms with E-state index in [0.29, 0.717) is 22.4 Å². The van der Waals surface area contributed by atoms with Gasteiger partial charge < -0.3 is 4.98 Å². The van der Waals surface area contributed by atoms with Gasteiger partial charge in [-0.25, -0.2) is 4.39 Å². The number of benzene rings is 1. The topological polar surface area (TPSA) is 32.9 Å². The maximum Gasteiger partial charge on any atom is 0.189 e. The molecule has 0 spiro atoms. The van der Waals surface area contributed by atoms with E-state index >= 15 is 0 Å². The maximum atomic E-state index is 13.3. The third-order valence-corrected chi connectivity index (χ3v) is 2.78. The molecule has 0 unspecified atom stereocenters. The number of hydrogen-bond donors (Lipinski definition) is 1. The van der Waals surface area contributed by atoms with Gasteiger partial charge in [0.05, 0.1) is 5.52 Å². The Kier molecular flexibility index (Phi) is 3.01. The summed E-state index contributed by atoms with van der Waals surface area (Å²) in [6.45, 7) is 5.92. The Bertz CT molecular complexity index is 613. The number of rotatable bonds is 2. The lowest BCUT2D eigenvalue weighted by molar-refractivity contribution is 0.626. The summed E-state index contributed by atoms with van der Waals surface area (Å²) >= 11 is 0. The number of halogens is 1. The molecule has 1 N–H and O–H groups in total. The second-order valence-corrected chi connectivity index (χ2v) is 4.90. The quantitative estimate of drug-likeness (QED) is 0.849. The van der Waals surface area contributed by atoms with Crippen LogP contribution in [0.5, 0.6) is 0 Å². The first kappa shape index (κ1) is 11.8. The summed E-state index contributed by atoms with van der Waals surface area (Å²) in [5.41, 5.74) is 2.09. The number of aryl methyl sites for hydroxylation is 1. The number of pyridine rings is 1. The first-order valence-electron chi connectivity index (χ1n) is 5.79. The van der Waals surface area contributed by atoms with Crippen LogP contribution in [-0.4, -0.2) is 4.98 Å². The molecule has 0 aliphatic carbocycles. The number of aromatic nitrogens is 1. The Labute approximate surface area is 99.5 Å². The summed E-state index contributed by atoms with van der Waals surface area (Å²) in [5, 5.41) is 0.582. The highest BCUT2D eigenvalue weighted by Crippen LogP contribution is 2.16. The predicted molar refractivity (Wildman–Crippen MR) is 67.8 cm³/mol. The molecule has 2 rings (SSSR count). The van der Waals surface area contributed by atoms with Crippen molar-refractivity contribution >= 4 is 10.9 Å². The summed E-state index contributed by atoms with van der Waals surface area (Å²) in [6, 6.07) is 4.39. The van der Waals surface area contributed by atoms with E-state index in [0.717, 1.165) is 12.1 Å². The number of H-pyrrole nitrogens is 1. The van der Waals surface area contributed by atoms with Crippen LogP contribution >= 0.6 is 0 Å². The highest BCUT2D eigenvalue weighted by atomic mass is 19.1. The Morgan fingerprint density at radius 1 is 1.29 bits per heavy atom. The van der Waals surface area contributed by atoms with Crippen molar-refractivity contribution in [2.45, 2.75) is 27.2 Å². The summed E-state index contributed by atoms with van der Waals surface area (Å²) in [5.74, 6) is 0.144. The van der Waals surface area contributed by atoms with Crippen LogP contribution < -0.4 is 5.43 Å². The average Bonchev–Trinajstić information content (AvgIpc) is 2.13. The molecule has 1 aromatic carbocycles. The fourth-order valence-electron chi connectivity index (χ4n) is 2.16. The van der Waals surface area contributed by atoms with Crippen LogP contribution in [0.4, 0.5) is 4.39 Å². The molecule has 0 amide bonds. The van der Waals surface area contributed by atoms with Crippen LogP contribution in [0, 0.1) is 18.7 Å². The normalized spacial score (nSPS) is 11.4. The smallest absolute Gasteiger partial charge is 0.189 e. The lowest BCUT2D eigenvalue weighted by atomic mass is 10.0. The van der Waals surface area contributed by atoms with Crippen LogP contribution in [0.15, 0.2) is 23.0 Å². The number of hydrogen-bond acceptors (Lipinski definition) is 1. The first-order valence-corrected chi connectivity index (χ1v) is 5.79. The zero-order valence-electron chi connectivity index (χ0n) is 10.3. The summed E-state index contributed by atoms with van der Waals surface area (Å²) in [6.07, 6.45) is 0.792. The molecule has 0 aliphatic heterocycles. The van der Waals surface area contributed by atoms with E-state index in [9.17, 15) is 9.18 Å². The van der Waals surface area contributed by atoms with Crippen molar-refractivity contribution < 1.29 is 4.39 Å². The molecule has 0 bridgehead atoms. The molecule has 0 saturated heterocycles. The highest BCUT2D eigenvalue weighted by molar-refractivity contribution is 5.82. The highest BCUT2D eigenvalue weighted by Gasteiger charge is 2.07. The van der Waals surface area contributed by atoms with Gasteiger partial charge in [-0.05, 0) is 37.0 Å². The van der Waals surface area contributed by atoms with E-state index in [1.807, 2.05) is 0 Å². The number of aromatic amines is 1. The largest absolute Gasteiger partial charge is 0.358 e. The van der Waals surface area contributed by atoms with Crippen molar-refractivity contribution in [3.8, 4) is 0 Å². The molecule has 3 heteroatoms. The van der Waals surface area contributed by atoms with Gasteiger partial charge in [-0.15, -0.1) is 0 Å². The van der Waals surface area contributed by atoms with Crippen LogP contribution in [0.25, 0.3) is 10.9 Å². The Morgan fingerprint density at radius 2 is 2.00 bits per heavy atom. The van der Waals surface area contributed by atoms with Crippen molar-refractivity contribution in [3.63, 3.8) is 0 Å². The zero-order chi connectivity index (χ0) is 12.6. The molecule has 0 saturated carbocycles. The Balaban J connectivity index is 2.69. The van der Waals surface area contributed by atoms with Crippen molar-refractivity contribution in [3.05, 3.63) is 45.5 Å². The van der Waals surface area contributed by atoms with Crippen molar-refractivity contribution in [1.82, 2.24) is 4.98 Å². The molecule has 0 radical (unpaired) electrons. The lowest BCUT2D eigenvalue weighted by Crippen LogP contribution is -2.08. The third kappa shape index (κ3) is 2.38. The lowest BCUT2D eigenvalue weighted by Gasteiger charge is -2.08. The molecular weight excluding hydrogens is 217 g/mol. The van der Waals surface area contributed by atoms with Crippen molar-refractivity contribution in [2.24, 2.45) is 5.92 Å². The van der Waals surface area contributed by atoms with E-state index in [-0.39, 0.29) is 11.2 Å². The molecule has 17 heavy (non-hydrogen) atoms. The van der Waals surface area contributed by atoms with Gasteiger partial charge in [0.2, 0.25) is 0 Å². The van der Waals surface area contributed by atoms with Gasteiger partial charge in [0, 0.05) is 17.1 Å². The monoisotopic (exact) mass is 233 g/mol. The third-order valence-electron chi connectivity index (χ3n) is 2.78. The Morgan fingerprint density at radius 3 is 2.65 bits per heavy atom. The fraction of sp³-hybridized carbons (Fsp3) is 0.357. The fourth-order valence-corrected chi connectivity index (χ4v) is 2.16. The van der Waals surface area contributed by atoms with Gasteiger partial charge in [0.25, 0.3) is 0 Å². The van der Waals surface area contributed by atoms with Crippen LogP contribution in [-0.2, 0) is 6.42 Å². The van der Waals surface area contributed by atoms with Gasteiger partial charge in [-0.1, -0.05) is 13.8 Å². The second kappa shape index (κ2) is 4.32. The number of nitrogens with one attached hydrogen (secondary N) is 1. The Hall–Kier alpha value is -1.64. The minimum Gasteiger partial charge on any atom is -0.358 e. The molecule has 2 nitrogen and oxygen atoms in total.